The minimum Gasteiger partial charge on any atom is -0.339 e. The van der Waals surface area contributed by atoms with E-state index in [1.54, 1.807) is 29.9 Å². The van der Waals surface area contributed by atoms with Gasteiger partial charge in [-0.3, -0.25) is 14.3 Å². The first-order chi connectivity index (χ1) is 14.8. The second kappa shape index (κ2) is 9.25. The fraction of sp³-hybridized carbons (Fsp3) is 0.217. The minimum absolute atomic E-state index is 0.128. The Labute approximate surface area is 180 Å². The maximum Gasteiger partial charge on any atom is 0.257 e. The molecule has 0 spiro atoms. The van der Waals surface area contributed by atoms with Gasteiger partial charge in [-0.25, -0.2) is 4.98 Å². The van der Waals surface area contributed by atoms with Crippen LogP contribution in [0.25, 0.3) is 22.3 Å². The summed E-state index contributed by atoms with van der Waals surface area (Å²) in [7, 11) is 1.85. The number of H-pyrrole nitrogens is 1. The Bertz CT molecular complexity index is 1210. The molecule has 0 unspecified atom stereocenters. The molecule has 0 fully saturated rings. The molecule has 8 heteroatoms. The van der Waals surface area contributed by atoms with Gasteiger partial charge < -0.3 is 15.6 Å². The van der Waals surface area contributed by atoms with E-state index in [1.807, 2.05) is 33.2 Å². The molecular formula is C23H26N6O2. The highest BCUT2D eigenvalue weighted by atomic mass is 16.2. The van der Waals surface area contributed by atoms with Gasteiger partial charge in [-0.2, -0.15) is 5.10 Å². The van der Waals surface area contributed by atoms with Crippen LogP contribution in [0.1, 0.15) is 37.6 Å². The number of pyridine rings is 1. The van der Waals surface area contributed by atoms with Gasteiger partial charge in [-0.05, 0) is 38.1 Å². The number of aromatic amines is 1. The molecule has 2 amide bonds. The molecule has 0 radical (unpaired) electrons. The summed E-state index contributed by atoms with van der Waals surface area (Å²) in [5.74, 6) is -0.423. The molecule has 3 N–H and O–H groups in total. The minimum atomic E-state index is -0.295. The van der Waals surface area contributed by atoms with Crippen LogP contribution >= 0.6 is 0 Å². The van der Waals surface area contributed by atoms with E-state index in [0.717, 1.165) is 22.2 Å². The Morgan fingerprint density at radius 3 is 2.61 bits per heavy atom. The van der Waals surface area contributed by atoms with Crippen LogP contribution in [-0.2, 0) is 11.8 Å². The third-order valence-corrected chi connectivity index (χ3v) is 4.66. The van der Waals surface area contributed by atoms with E-state index in [9.17, 15) is 9.59 Å². The van der Waals surface area contributed by atoms with E-state index >= 15 is 0 Å². The first-order valence-electron chi connectivity index (χ1n) is 9.91. The molecule has 160 valence electrons. The highest BCUT2D eigenvalue weighted by Crippen LogP contribution is 2.23. The van der Waals surface area contributed by atoms with E-state index in [0.29, 0.717) is 29.0 Å². The molecule has 3 heterocycles. The van der Waals surface area contributed by atoms with Crippen LogP contribution in [0.5, 0.6) is 0 Å². The number of aryl methyl sites for hydroxylation is 1. The maximum absolute atomic E-state index is 12.9. The van der Waals surface area contributed by atoms with Crippen LogP contribution in [0.15, 0.2) is 66.4 Å². The lowest BCUT2D eigenvalue weighted by Crippen LogP contribution is -2.25. The number of rotatable bonds is 7. The van der Waals surface area contributed by atoms with Gasteiger partial charge in [0, 0.05) is 48.2 Å². The normalized spacial score (nSPS) is 11.3. The number of nitrogens with zero attached hydrogens (tertiary/aromatic N) is 3. The summed E-state index contributed by atoms with van der Waals surface area (Å²) in [6.45, 7) is 9.25. The van der Waals surface area contributed by atoms with Crippen LogP contribution in [0.4, 0.5) is 0 Å². The highest BCUT2D eigenvalue weighted by Gasteiger charge is 2.13. The summed E-state index contributed by atoms with van der Waals surface area (Å²) in [6.07, 6.45) is 8.78. The smallest absolute Gasteiger partial charge is 0.257 e. The zero-order valence-electron chi connectivity index (χ0n) is 18.1. The quantitative estimate of drug-likeness (QED) is 0.510. The number of hydrogen-bond acceptors (Lipinski definition) is 4. The molecule has 8 nitrogen and oxygen atoms in total. The summed E-state index contributed by atoms with van der Waals surface area (Å²) in [6, 6.07) is 3.72. The van der Waals surface area contributed by atoms with Gasteiger partial charge in [0.25, 0.3) is 5.91 Å². The lowest BCUT2D eigenvalue weighted by atomic mass is 10.1. The van der Waals surface area contributed by atoms with E-state index in [-0.39, 0.29) is 11.8 Å². The number of amides is 2. The van der Waals surface area contributed by atoms with E-state index in [1.165, 1.54) is 12.3 Å². The van der Waals surface area contributed by atoms with Gasteiger partial charge in [0.05, 0.1) is 17.5 Å². The van der Waals surface area contributed by atoms with Gasteiger partial charge in [0.2, 0.25) is 5.91 Å². The Hall–Kier alpha value is -3.94. The van der Waals surface area contributed by atoms with E-state index < -0.39 is 0 Å². The summed E-state index contributed by atoms with van der Waals surface area (Å²) in [4.78, 5) is 32.2. The third-order valence-electron chi connectivity index (χ3n) is 4.66. The van der Waals surface area contributed by atoms with Crippen LogP contribution in [-0.4, -0.2) is 31.6 Å². The largest absolute Gasteiger partial charge is 0.339 e. The molecule has 31 heavy (non-hydrogen) atoms. The van der Waals surface area contributed by atoms with Gasteiger partial charge in [-0.1, -0.05) is 19.1 Å². The zero-order chi connectivity index (χ0) is 22.5. The molecule has 0 atom stereocenters. The van der Waals surface area contributed by atoms with Gasteiger partial charge in [0.15, 0.2) is 0 Å². The van der Waals surface area contributed by atoms with Crippen molar-refractivity contribution in [1.82, 2.24) is 30.4 Å². The van der Waals surface area contributed by atoms with Gasteiger partial charge >= 0.3 is 0 Å². The van der Waals surface area contributed by atoms with Crippen molar-refractivity contribution in [3.8, 4) is 11.3 Å². The molecule has 3 rings (SSSR count). The highest BCUT2D eigenvalue weighted by molar-refractivity contribution is 5.98. The standard InChI is InChI=1S/C23H26N6O2/c1-6-18(26-21(30)7-2)10-19(14(3)4)28-23(31)16-8-15-9-20(27-22(15)24-11-16)17-12-25-29(5)13-17/h6,8-13H,1,7H2,2-5H3,(H,24,27)(H,26,30)(H,28,31)/b18-10+. The van der Waals surface area contributed by atoms with Crippen LogP contribution < -0.4 is 10.6 Å². The first kappa shape index (κ1) is 21.8. The SMILES string of the molecule is C=C/C(=C\C(NC(=O)c1cnc2[nH]c(-c3cnn(C)c3)cc2c1)=C(C)C)NC(=O)CC. The second-order valence-electron chi connectivity index (χ2n) is 7.32. The molecule has 0 aromatic carbocycles. The van der Waals surface area contributed by atoms with Crippen molar-refractivity contribution in [2.75, 3.05) is 0 Å². The molecule has 0 aliphatic heterocycles. The average molecular weight is 419 g/mol. The Morgan fingerprint density at radius 1 is 1.23 bits per heavy atom. The number of aromatic nitrogens is 4. The van der Waals surface area contributed by atoms with Crippen molar-refractivity contribution in [3.05, 3.63) is 72.0 Å². The molecule has 0 saturated heterocycles. The molecule has 3 aromatic heterocycles. The number of hydrogen-bond donors (Lipinski definition) is 3. The van der Waals surface area contributed by atoms with Crippen molar-refractivity contribution in [3.63, 3.8) is 0 Å². The lowest BCUT2D eigenvalue weighted by Gasteiger charge is -2.11. The fourth-order valence-corrected chi connectivity index (χ4v) is 2.91. The van der Waals surface area contributed by atoms with E-state index in [2.05, 4.69) is 32.3 Å². The predicted molar refractivity (Wildman–Crippen MR) is 121 cm³/mol. The maximum atomic E-state index is 12.9. The monoisotopic (exact) mass is 418 g/mol. The molecule has 0 aliphatic carbocycles. The average Bonchev–Trinajstić information content (AvgIpc) is 3.37. The van der Waals surface area contributed by atoms with Crippen LogP contribution in [0.2, 0.25) is 0 Å². The Kier molecular flexibility index (Phi) is 6.49. The fourth-order valence-electron chi connectivity index (χ4n) is 2.91. The Morgan fingerprint density at radius 2 is 2.00 bits per heavy atom. The molecule has 0 aliphatic rings. The first-order valence-corrected chi connectivity index (χ1v) is 9.91. The Balaban J connectivity index is 1.84. The zero-order valence-corrected chi connectivity index (χ0v) is 18.1. The second-order valence-corrected chi connectivity index (χ2v) is 7.32. The van der Waals surface area contributed by atoms with Crippen LogP contribution in [0.3, 0.4) is 0 Å². The number of nitrogens with one attached hydrogen (secondary N) is 3. The van der Waals surface area contributed by atoms with Gasteiger partial charge in [-0.15, -0.1) is 0 Å². The summed E-state index contributed by atoms with van der Waals surface area (Å²) in [5.41, 5.74) is 4.92. The summed E-state index contributed by atoms with van der Waals surface area (Å²) >= 11 is 0. The van der Waals surface area contributed by atoms with Crippen molar-refractivity contribution in [2.24, 2.45) is 7.05 Å². The summed E-state index contributed by atoms with van der Waals surface area (Å²) in [5, 5.41) is 10.7. The topological polar surface area (TPSA) is 105 Å². The molecule has 0 saturated carbocycles. The lowest BCUT2D eigenvalue weighted by molar-refractivity contribution is -0.120. The molecular weight excluding hydrogens is 392 g/mol. The third kappa shape index (κ3) is 5.16. The molecule has 0 bridgehead atoms. The van der Waals surface area contributed by atoms with Crippen LogP contribution in [0, 0.1) is 0 Å². The number of carbonyl (C=O) groups is 2. The number of fused-ring (bicyclic) bond motifs is 1. The number of carbonyl (C=O) groups excluding carboxylic acids is 2. The predicted octanol–water partition coefficient (Wildman–Crippen LogP) is 3.58. The van der Waals surface area contributed by atoms with Crippen molar-refractivity contribution >= 4 is 22.8 Å². The number of allylic oxidation sites excluding steroid dienone is 3. The van der Waals surface area contributed by atoms with Crippen molar-refractivity contribution in [1.29, 1.82) is 0 Å². The molecule has 3 aromatic rings. The van der Waals surface area contributed by atoms with Crippen molar-refractivity contribution in [2.45, 2.75) is 27.2 Å². The van der Waals surface area contributed by atoms with Gasteiger partial charge in [0.1, 0.15) is 5.65 Å². The summed E-state index contributed by atoms with van der Waals surface area (Å²) < 4.78 is 1.72. The van der Waals surface area contributed by atoms with Crippen molar-refractivity contribution < 1.29 is 9.59 Å². The van der Waals surface area contributed by atoms with E-state index in [4.69, 9.17) is 0 Å².